The van der Waals surface area contributed by atoms with Gasteiger partial charge in [0.25, 0.3) is 0 Å². The quantitative estimate of drug-likeness (QED) is 0.785. The van der Waals surface area contributed by atoms with E-state index in [9.17, 15) is 0 Å². The Morgan fingerprint density at radius 2 is 1.75 bits per heavy atom. The van der Waals surface area contributed by atoms with Gasteiger partial charge in [-0.15, -0.1) is 11.8 Å². The van der Waals surface area contributed by atoms with Crippen molar-refractivity contribution in [2.75, 3.05) is 5.75 Å². The number of rotatable bonds is 5. The Bertz CT molecular complexity index is 594. The molecule has 0 bridgehead atoms. The molecule has 0 amide bonds. The zero-order chi connectivity index (χ0) is 14.5. The van der Waals surface area contributed by atoms with E-state index in [4.69, 9.17) is 5.73 Å². The van der Waals surface area contributed by atoms with Crippen molar-refractivity contribution in [1.82, 2.24) is 0 Å². The highest BCUT2D eigenvalue weighted by molar-refractivity contribution is 8.00. The molecule has 2 aromatic carbocycles. The van der Waals surface area contributed by atoms with Crippen LogP contribution in [0.3, 0.4) is 0 Å². The minimum atomic E-state index is 0.594. The number of aryl methyl sites for hydroxylation is 2. The molecule has 2 aromatic rings. The molecular weight excluding hydrogens is 282 g/mol. The van der Waals surface area contributed by atoms with Crippen LogP contribution >= 0.6 is 23.5 Å². The number of thioether (sulfide) groups is 1. The topological polar surface area (TPSA) is 26.0 Å². The van der Waals surface area contributed by atoms with Gasteiger partial charge in [-0.25, -0.2) is 0 Å². The van der Waals surface area contributed by atoms with Gasteiger partial charge in [0.05, 0.1) is 0 Å². The van der Waals surface area contributed by atoms with Crippen LogP contribution in [-0.2, 0) is 6.54 Å². The zero-order valence-corrected chi connectivity index (χ0v) is 13.9. The first-order valence-corrected chi connectivity index (χ1v) is 8.65. The number of hydrogen-bond acceptors (Lipinski definition) is 3. The third-order valence-electron chi connectivity index (χ3n) is 3.16. The fraction of sp³-hybridized carbons (Fsp3) is 0.294. The molecule has 0 atom stereocenters. The largest absolute Gasteiger partial charge is 0.326 e. The predicted molar refractivity (Wildman–Crippen MR) is 90.8 cm³/mol. The lowest BCUT2D eigenvalue weighted by molar-refractivity contribution is 0.979. The molecule has 0 aliphatic heterocycles. The van der Waals surface area contributed by atoms with E-state index in [1.54, 1.807) is 0 Å². The van der Waals surface area contributed by atoms with Gasteiger partial charge in [0.1, 0.15) is 0 Å². The van der Waals surface area contributed by atoms with Gasteiger partial charge < -0.3 is 5.73 Å². The predicted octanol–water partition coefficient (Wildman–Crippen LogP) is 5.03. The Morgan fingerprint density at radius 1 is 1.00 bits per heavy atom. The molecule has 0 radical (unpaired) electrons. The molecule has 1 nitrogen and oxygen atoms in total. The minimum Gasteiger partial charge on any atom is -0.326 e. The van der Waals surface area contributed by atoms with Crippen molar-refractivity contribution in [2.45, 2.75) is 42.0 Å². The van der Waals surface area contributed by atoms with E-state index in [1.165, 1.54) is 31.4 Å². The van der Waals surface area contributed by atoms with Gasteiger partial charge in [-0.1, -0.05) is 36.9 Å². The van der Waals surface area contributed by atoms with Crippen LogP contribution in [0, 0.1) is 13.8 Å². The van der Waals surface area contributed by atoms with E-state index in [2.05, 4.69) is 57.2 Å². The van der Waals surface area contributed by atoms with Gasteiger partial charge in [0, 0.05) is 21.2 Å². The second-order valence-corrected chi connectivity index (χ2v) is 7.13. The lowest BCUT2D eigenvalue weighted by atomic mass is 10.2. The molecule has 0 unspecified atom stereocenters. The third kappa shape index (κ3) is 3.60. The Labute approximate surface area is 130 Å². The van der Waals surface area contributed by atoms with E-state index < -0.39 is 0 Å². The molecule has 0 heterocycles. The fourth-order valence-electron chi connectivity index (χ4n) is 2.07. The summed E-state index contributed by atoms with van der Waals surface area (Å²) in [6, 6.07) is 13.1. The minimum absolute atomic E-state index is 0.594. The molecule has 106 valence electrons. The summed E-state index contributed by atoms with van der Waals surface area (Å²) in [6.07, 6.45) is 0. The molecule has 0 saturated heterocycles. The van der Waals surface area contributed by atoms with Crippen molar-refractivity contribution in [3.05, 3.63) is 53.1 Å². The molecule has 20 heavy (non-hydrogen) atoms. The monoisotopic (exact) mass is 303 g/mol. The number of hydrogen-bond donors (Lipinski definition) is 1. The van der Waals surface area contributed by atoms with Gasteiger partial charge >= 0.3 is 0 Å². The molecule has 0 saturated carbocycles. The molecule has 2 rings (SSSR count). The summed E-state index contributed by atoms with van der Waals surface area (Å²) in [6.45, 7) is 7.07. The van der Waals surface area contributed by atoms with E-state index >= 15 is 0 Å². The standard InChI is InChI=1S/C17H21NS2/c1-4-19-15-6-5-7-16(14(15)11-18)20-17-10-12(2)8-9-13(17)3/h5-10H,4,11,18H2,1-3H3. The third-order valence-corrected chi connectivity index (χ3v) is 5.40. The summed E-state index contributed by atoms with van der Waals surface area (Å²) in [4.78, 5) is 3.91. The summed E-state index contributed by atoms with van der Waals surface area (Å²) in [7, 11) is 0. The smallest absolute Gasteiger partial charge is 0.0200 e. The summed E-state index contributed by atoms with van der Waals surface area (Å²) in [5.41, 5.74) is 9.86. The van der Waals surface area contributed by atoms with Crippen LogP contribution < -0.4 is 5.73 Å². The van der Waals surface area contributed by atoms with Crippen molar-refractivity contribution in [1.29, 1.82) is 0 Å². The first-order chi connectivity index (χ1) is 9.65. The van der Waals surface area contributed by atoms with Gasteiger partial charge in [-0.2, -0.15) is 0 Å². The summed E-state index contributed by atoms with van der Waals surface area (Å²) in [5, 5.41) is 0. The summed E-state index contributed by atoms with van der Waals surface area (Å²) >= 11 is 3.69. The van der Waals surface area contributed by atoms with Crippen molar-refractivity contribution in [2.24, 2.45) is 5.73 Å². The van der Waals surface area contributed by atoms with Crippen LogP contribution in [0.1, 0.15) is 23.6 Å². The summed E-state index contributed by atoms with van der Waals surface area (Å²) < 4.78 is 0. The van der Waals surface area contributed by atoms with E-state index in [0.29, 0.717) is 6.54 Å². The van der Waals surface area contributed by atoms with E-state index in [0.717, 1.165) is 5.75 Å². The van der Waals surface area contributed by atoms with Crippen LogP contribution in [0.15, 0.2) is 51.1 Å². The van der Waals surface area contributed by atoms with Crippen LogP contribution in [0.2, 0.25) is 0 Å². The van der Waals surface area contributed by atoms with E-state index in [-0.39, 0.29) is 0 Å². The number of nitrogens with two attached hydrogens (primary N) is 1. The lowest BCUT2D eigenvalue weighted by Crippen LogP contribution is -2.01. The second kappa shape index (κ2) is 7.21. The van der Waals surface area contributed by atoms with Crippen LogP contribution in [0.25, 0.3) is 0 Å². The Morgan fingerprint density at radius 3 is 2.45 bits per heavy atom. The Kier molecular flexibility index (Phi) is 5.58. The molecule has 0 aliphatic carbocycles. The molecular formula is C17H21NS2. The maximum Gasteiger partial charge on any atom is 0.0200 e. The van der Waals surface area contributed by atoms with Crippen molar-refractivity contribution >= 4 is 23.5 Å². The molecule has 0 aromatic heterocycles. The highest BCUT2D eigenvalue weighted by Crippen LogP contribution is 2.36. The normalized spacial score (nSPS) is 10.8. The maximum absolute atomic E-state index is 5.98. The van der Waals surface area contributed by atoms with Crippen molar-refractivity contribution < 1.29 is 0 Å². The lowest BCUT2D eigenvalue weighted by Gasteiger charge is -2.13. The average Bonchev–Trinajstić information content (AvgIpc) is 2.43. The first-order valence-electron chi connectivity index (χ1n) is 6.85. The summed E-state index contributed by atoms with van der Waals surface area (Å²) in [5.74, 6) is 1.07. The SMILES string of the molecule is CCSc1cccc(Sc2cc(C)ccc2C)c1CN. The molecule has 3 heteroatoms. The Balaban J connectivity index is 2.37. The van der Waals surface area contributed by atoms with Crippen molar-refractivity contribution in [3.63, 3.8) is 0 Å². The molecule has 0 spiro atoms. The van der Waals surface area contributed by atoms with Crippen LogP contribution in [-0.4, -0.2) is 5.75 Å². The van der Waals surface area contributed by atoms with Crippen LogP contribution in [0.5, 0.6) is 0 Å². The maximum atomic E-state index is 5.98. The average molecular weight is 303 g/mol. The molecule has 2 N–H and O–H groups in total. The Hall–Kier alpha value is -0.900. The highest BCUT2D eigenvalue weighted by Gasteiger charge is 2.10. The van der Waals surface area contributed by atoms with Gasteiger partial charge in [0.15, 0.2) is 0 Å². The molecule has 0 fully saturated rings. The highest BCUT2D eigenvalue weighted by atomic mass is 32.2. The first kappa shape index (κ1) is 15.5. The number of benzene rings is 2. The van der Waals surface area contributed by atoms with Gasteiger partial charge in [0.2, 0.25) is 0 Å². The van der Waals surface area contributed by atoms with E-state index in [1.807, 2.05) is 23.5 Å². The van der Waals surface area contributed by atoms with Crippen molar-refractivity contribution in [3.8, 4) is 0 Å². The zero-order valence-electron chi connectivity index (χ0n) is 12.3. The van der Waals surface area contributed by atoms with Gasteiger partial charge in [-0.05, 0) is 54.5 Å². The molecule has 0 aliphatic rings. The van der Waals surface area contributed by atoms with Gasteiger partial charge in [-0.3, -0.25) is 0 Å². The fourth-order valence-corrected chi connectivity index (χ4v) is 4.16. The van der Waals surface area contributed by atoms with Crippen LogP contribution in [0.4, 0.5) is 0 Å². The second-order valence-electron chi connectivity index (χ2n) is 4.74.